The zero-order valence-corrected chi connectivity index (χ0v) is 9.35. The van der Waals surface area contributed by atoms with Gasteiger partial charge in [-0.1, -0.05) is 12.1 Å². The van der Waals surface area contributed by atoms with Crippen LogP contribution in [0.2, 0.25) is 0 Å². The average Bonchev–Trinajstić information content (AvgIpc) is 2.68. The van der Waals surface area contributed by atoms with Gasteiger partial charge >= 0.3 is 0 Å². The Balaban J connectivity index is 1.84. The van der Waals surface area contributed by atoms with Gasteiger partial charge in [0.05, 0.1) is 0 Å². The van der Waals surface area contributed by atoms with Crippen LogP contribution >= 0.6 is 0 Å². The first-order chi connectivity index (χ1) is 7.75. The van der Waals surface area contributed by atoms with Crippen LogP contribution in [0.25, 0.3) is 0 Å². The highest BCUT2D eigenvalue weighted by Crippen LogP contribution is 2.09. The summed E-state index contributed by atoms with van der Waals surface area (Å²) in [7, 11) is 2.04. The molecule has 0 aliphatic carbocycles. The van der Waals surface area contributed by atoms with Crippen LogP contribution in [-0.4, -0.2) is 9.67 Å². The highest BCUT2D eigenvalue weighted by molar-refractivity contribution is 5.25. The number of benzene rings is 1. The summed E-state index contributed by atoms with van der Waals surface area (Å²) in [5, 5.41) is 12.5. The van der Waals surface area contributed by atoms with E-state index >= 15 is 0 Å². The SMILES string of the molecule is Cn1cccc1CNCc1ccc(O)cc1. The van der Waals surface area contributed by atoms with Crippen LogP contribution in [0.1, 0.15) is 11.3 Å². The van der Waals surface area contributed by atoms with Crippen molar-refractivity contribution in [3.63, 3.8) is 0 Å². The first-order valence-electron chi connectivity index (χ1n) is 5.34. The average molecular weight is 216 g/mol. The van der Waals surface area contributed by atoms with Gasteiger partial charge in [0.2, 0.25) is 0 Å². The molecule has 1 aromatic carbocycles. The van der Waals surface area contributed by atoms with Gasteiger partial charge < -0.3 is 15.0 Å². The maximum Gasteiger partial charge on any atom is 0.115 e. The van der Waals surface area contributed by atoms with E-state index in [2.05, 4.69) is 16.0 Å². The molecule has 0 spiro atoms. The Hall–Kier alpha value is -1.74. The first kappa shape index (κ1) is 10.8. The molecule has 1 aromatic heterocycles. The van der Waals surface area contributed by atoms with Crippen LogP contribution in [0, 0.1) is 0 Å². The summed E-state index contributed by atoms with van der Waals surface area (Å²) < 4.78 is 2.10. The zero-order chi connectivity index (χ0) is 11.4. The lowest BCUT2D eigenvalue weighted by Crippen LogP contribution is -2.14. The van der Waals surface area contributed by atoms with Gasteiger partial charge in [-0.2, -0.15) is 0 Å². The molecule has 0 saturated heterocycles. The summed E-state index contributed by atoms with van der Waals surface area (Å²) in [5.41, 5.74) is 2.44. The number of phenolic OH excluding ortho intramolecular Hbond substituents is 1. The lowest BCUT2D eigenvalue weighted by Gasteiger charge is -2.06. The van der Waals surface area contributed by atoms with Crippen LogP contribution in [0.3, 0.4) is 0 Å². The van der Waals surface area contributed by atoms with Crippen LogP contribution in [0.15, 0.2) is 42.6 Å². The number of hydrogen-bond donors (Lipinski definition) is 2. The lowest BCUT2D eigenvalue weighted by atomic mass is 10.2. The van der Waals surface area contributed by atoms with Gasteiger partial charge in [0.15, 0.2) is 0 Å². The van der Waals surface area contributed by atoms with Gasteiger partial charge in [0.1, 0.15) is 5.75 Å². The normalized spacial score (nSPS) is 10.6. The minimum Gasteiger partial charge on any atom is -0.508 e. The number of hydrogen-bond acceptors (Lipinski definition) is 2. The molecule has 0 radical (unpaired) electrons. The number of rotatable bonds is 4. The van der Waals surface area contributed by atoms with E-state index in [1.807, 2.05) is 31.4 Å². The fraction of sp³-hybridized carbons (Fsp3) is 0.231. The number of nitrogens with one attached hydrogen (secondary N) is 1. The van der Waals surface area contributed by atoms with E-state index in [-0.39, 0.29) is 0 Å². The number of aromatic nitrogens is 1. The molecule has 0 aliphatic heterocycles. The smallest absolute Gasteiger partial charge is 0.115 e. The fourth-order valence-electron chi connectivity index (χ4n) is 1.63. The van der Waals surface area contributed by atoms with Crippen molar-refractivity contribution in [2.75, 3.05) is 0 Å². The number of phenols is 1. The monoisotopic (exact) mass is 216 g/mol. The summed E-state index contributed by atoms with van der Waals surface area (Å²) in [6.45, 7) is 1.66. The van der Waals surface area contributed by atoms with Gasteiger partial charge in [0.25, 0.3) is 0 Å². The van der Waals surface area contributed by atoms with Crippen molar-refractivity contribution < 1.29 is 5.11 Å². The molecule has 2 rings (SSSR count). The highest BCUT2D eigenvalue weighted by atomic mass is 16.3. The van der Waals surface area contributed by atoms with Crippen LogP contribution in [0.4, 0.5) is 0 Å². The molecule has 0 saturated carbocycles. The topological polar surface area (TPSA) is 37.2 Å². The highest BCUT2D eigenvalue weighted by Gasteiger charge is 1.97. The Morgan fingerprint density at radius 2 is 1.88 bits per heavy atom. The van der Waals surface area contributed by atoms with Crippen molar-refractivity contribution in [1.29, 1.82) is 0 Å². The Morgan fingerprint density at radius 3 is 2.50 bits per heavy atom. The van der Waals surface area contributed by atoms with Crippen LogP contribution in [-0.2, 0) is 20.1 Å². The maximum absolute atomic E-state index is 9.14. The van der Waals surface area contributed by atoms with E-state index < -0.39 is 0 Å². The largest absolute Gasteiger partial charge is 0.508 e. The molecule has 2 N–H and O–H groups in total. The molecule has 0 unspecified atom stereocenters. The van der Waals surface area contributed by atoms with Gasteiger partial charge in [-0.3, -0.25) is 0 Å². The van der Waals surface area contributed by atoms with E-state index in [1.165, 1.54) is 11.3 Å². The van der Waals surface area contributed by atoms with Crippen molar-refractivity contribution in [1.82, 2.24) is 9.88 Å². The first-order valence-corrected chi connectivity index (χ1v) is 5.34. The summed E-state index contributed by atoms with van der Waals surface area (Å²) in [6.07, 6.45) is 2.04. The predicted molar refractivity (Wildman–Crippen MR) is 64.1 cm³/mol. The van der Waals surface area contributed by atoms with E-state index in [0.717, 1.165) is 13.1 Å². The van der Waals surface area contributed by atoms with Gasteiger partial charge in [0, 0.05) is 32.0 Å². The molecule has 2 aromatic rings. The van der Waals surface area contributed by atoms with Crippen LogP contribution in [0.5, 0.6) is 5.75 Å². The second kappa shape index (κ2) is 4.86. The molecule has 3 heteroatoms. The summed E-state index contributed by atoms with van der Waals surface area (Å²) in [4.78, 5) is 0. The molecule has 0 atom stereocenters. The van der Waals surface area contributed by atoms with Crippen molar-refractivity contribution in [2.24, 2.45) is 7.05 Å². The standard InChI is InChI=1S/C13H16N2O/c1-15-8-2-3-12(15)10-14-9-11-4-6-13(16)7-5-11/h2-8,14,16H,9-10H2,1H3. The summed E-state index contributed by atoms with van der Waals surface area (Å²) in [6, 6.07) is 11.4. The molecule has 1 heterocycles. The second-order valence-corrected chi connectivity index (χ2v) is 3.88. The molecule has 0 amide bonds. The van der Waals surface area contributed by atoms with E-state index in [9.17, 15) is 0 Å². The van der Waals surface area contributed by atoms with E-state index in [4.69, 9.17) is 5.11 Å². The molecule has 0 aliphatic rings. The molecule has 0 bridgehead atoms. The predicted octanol–water partition coefficient (Wildman–Crippen LogP) is 2.02. The number of nitrogens with zero attached hydrogens (tertiary/aromatic N) is 1. The third-order valence-corrected chi connectivity index (χ3v) is 2.62. The Bertz CT molecular complexity index is 445. The molecule has 16 heavy (non-hydrogen) atoms. The minimum absolute atomic E-state index is 0.311. The third-order valence-electron chi connectivity index (χ3n) is 2.62. The molecular formula is C13H16N2O. The van der Waals surface area contributed by atoms with Crippen molar-refractivity contribution in [3.8, 4) is 5.75 Å². The van der Waals surface area contributed by atoms with Gasteiger partial charge in [-0.25, -0.2) is 0 Å². The molecule has 0 fully saturated rings. The summed E-state index contributed by atoms with van der Waals surface area (Å²) >= 11 is 0. The Kier molecular flexibility index (Phi) is 3.27. The molecule has 3 nitrogen and oxygen atoms in total. The van der Waals surface area contributed by atoms with Crippen molar-refractivity contribution >= 4 is 0 Å². The maximum atomic E-state index is 9.14. The van der Waals surface area contributed by atoms with E-state index in [0.29, 0.717) is 5.75 Å². The van der Waals surface area contributed by atoms with E-state index in [1.54, 1.807) is 12.1 Å². The van der Waals surface area contributed by atoms with Crippen molar-refractivity contribution in [3.05, 3.63) is 53.9 Å². The second-order valence-electron chi connectivity index (χ2n) is 3.88. The quantitative estimate of drug-likeness (QED) is 0.820. The Morgan fingerprint density at radius 1 is 1.12 bits per heavy atom. The van der Waals surface area contributed by atoms with Crippen molar-refractivity contribution in [2.45, 2.75) is 13.1 Å². The molecular weight excluding hydrogens is 200 g/mol. The zero-order valence-electron chi connectivity index (χ0n) is 9.35. The molecule has 84 valence electrons. The third kappa shape index (κ3) is 2.64. The number of aryl methyl sites for hydroxylation is 1. The minimum atomic E-state index is 0.311. The Labute approximate surface area is 95.3 Å². The van der Waals surface area contributed by atoms with Gasteiger partial charge in [-0.15, -0.1) is 0 Å². The fourth-order valence-corrected chi connectivity index (χ4v) is 1.63. The van der Waals surface area contributed by atoms with Gasteiger partial charge in [-0.05, 0) is 29.8 Å². The summed E-state index contributed by atoms with van der Waals surface area (Å²) in [5.74, 6) is 0.311. The lowest BCUT2D eigenvalue weighted by molar-refractivity contribution is 0.475. The number of aromatic hydroxyl groups is 1. The van der Waals surface area contributed by atoms with Crippen LogP contribution < -0.4 is 5.32 Å².